The van der Waals surface area contributed by atoms with Crippen LogP contribution in [-0.4, -0.2) is 51.4 Å². The van der Waals surface area contributed by atoms with Gasteiger partial charge in [0.2, 0.25) is 5.91 Å². The van der Waals surface area contributed by atoms with Crippen LogP contribution in [0.1, 0.15) is 52.4 Å². The average Bonchev–Trinajstić information content (AvgIpc) is 3.33. The minimum Gasteiger partial charge on any atom is -0.497 e. The number of methoxy groups -OCH3 is 1. The van der Waals surface area contributed by atoms with Crippen LogP contribution in [0.25, 0.3) is 0 Å². The van der Waals surface area contributed by atoms with Crippen molar-refractivity contribution in [1.29, 1.82) is 0 Å². The van der Waals surface area contributed by atoms with Crippen molar-refractivity contribution >= 4 is 17.7 Å². The van der Waals surface area contributed by atoms with Crippen molar-refractivity contribution in [3.63, 3.8) is 0 Å². The summed E-state index contributed by atoms with van der Waals surface area (Å²) in [6.07, 6.45) is 2.05. The van der Waals surface area contributed by atoms with Gasteiger partial charge < -0.3 is 24.8 Å². The fourth-order valence-electron chi connectivity index (χ4n) is 4.41. The van der Waals surface area contributed by atoms with Gasteiger partial charge in [0.15, 0.2) is 5.69 Å². The van der Waals surface area contributed by atoms with Crippen molar-refractivity contribution in [2.75, 3.05) is 13.7 Å². The van der Waals surface area contributed by atoms with Gasteiger partial charge in [-0.25, -0.2) is 9.37 Å². The van der Waals surface area contributed by atoms with Crippen molar-refractivity contribution < 1.29 is 23.5 Å². The minimum atomic E-state index is -1.20. The maximum atomic E-state index is 13.6. The van der Waals surface area contributed by atoms with E-state index in [4.69, 9.17) is 4.74 Å². The highest BCUT2D eigenvalue weighted by molar-refractivity contribution is 6.07. The Kier molecular flexibility index (Phi) is 7.56. The molecule has 0 aliphatic carbocycles. The number of nitrogens with one attached hydrogen (secondary N) is 2. The maximum Gasteiger partial charge on any atom is 0.273 e. The van der Waals surface area contributed by atoms with Crippen molar-refractivity contribution in [1.82, 2.24) is 25.1 Å². The summed E-state index contributed by atoms with van der Waals surface area (Å²) in [6, 6.07) is 13.1. The van der Waals surface area contributed by atoms with E-state index < -0.39 is 17.4 Å². The Balaban J connectivity index is 1.51. The van der Waals surface area contributed by atoms with E-state index >= 15 is 0 Å². The highest BCUT2D eigenvalue weighted by Crippen LogP contribution is 2.29. The second kappa shape index (κ2) is 10.8. The van der Waals surface area contributed by atoms with Crippen molar-refractivity contribution in [2.24, 2.45) is 0 Å². The molecule has 1 aliphatic rings. The second-order valence-electron chi connectivity index (χ2n) is 9.14. The smallest absolute Gasteiger partial charge is 0.273 e. The van der Waals surface area contributed by atoms with Crippen LogP contribution in [0.15, 0.2) is 54.9 Å². The van der Waals surface area contributed by atoms with E-state index in [1.807, 2.05) is 19.1 Å². The monoisotopic (exact) mass is 507 g/mol. The summed E-state index contributed by atoms with van der Waals surface area (Å²) in [5.41, 5.74) is 0.587. The molecule has 10 heteroatoms. The number of fused-ring (bicyclic) bond motifs is 1. The van der Waals surface area contributed by atoms with Crippen LogP contribution in [0.4, 0.5) is 4.39 Å². The molecule has 2 N–H and O–H groups in total. The Hall–Kier alpha value is -4.21. The zero-order valence-electron chi connectivity index (χ0n) is 21.1. The van der Waals surface area contributed by atoms with Gasteiger partial charge in [-0.2, -0.15) is 0 Å². The van der Waals surface area contributed by atoms with E-state index in [0.29, 0.717) is 18.7 Å². The molecule has 1 atom stereocenters. The molecule has 0 fully saturated rings. The lowest BCUT2D eigenvalue weighted by Crippen LogP contribution is -2.64. The highest BCUT2D eigenvalue weighted by Gasteiger charge is 2.48. The van der Waals surface area contributed by atoms with Crippen LogP contribution < -0.4 is 15.4 Å². The van der Waals surface area contributed by atoms with E-state index in [9.17, 15) is 18.8 Å². The van der Waals surface area contributed by atoms with Gasteiger partial charge in [-0.1, -0.05) is 31.2 Å². The largest absolute Gasteiger partial charge is 0.497 e. The molecule has 0 saturated carbocycles. The number of rotatable bonds is 9. The SMILES string of the molecule is CCCN1C(=O)c2c(C(=O)NCc3ccc(OC)cc3)ncn2CC1(C)C(=O)NCc1ccc(F)cc1. The fraction of sp³-hybridized carbons (Fsp3) is 0.333. The molecule has 2 aromatic carbocycles. The standard InChI is InChI=1S/C27H30FN5O4/c1-4-13-33-25(35)23-22(24(34)29-14-19-7-11-21(37-3)12-8-19)31-17-32(23)16-27(33,2)26(36)30-15-18-5-9-20(28)10-6-18/h5-12,17H,4,13-16H2,1-3H3,(H,29,34)(H,30,36). The Labute approximate surface area is 214 Å². The fourth-order valence-corrected chi connectivity index (χ4v) is 4.41. The minimum absolute atomic E-state index is 0.0217. The Bertz CT molecular complexity index is 1290. The lowest BCUT2D eigenvalue weighted by Gasteiger charge is -2.43. The summed E-state index contributed by atoms with van der Waals surface area (Å²) in [6.45, 7) is 4.54. The van der Waals surface area contributed by atoms with E-state index in [2.05, 4.69) is 15.6 Å². The van der Waals surface area contributed by atoms with Gasteiger partial charge in [-0.3, -0.25) is 14.4 Å². The number of nitrogens with zero attached hydrogens (tertiary/aromatic N) is 3. The summed E-state index contributed by atoms with van der Waals surface area (Å²) in [5, 5.41) is 5.68. The van der Waals surface area contributed by atoms with Crippen LogP contribution in [-0.2, 0) is 24.4 Å². The van der Waals surface area contributed by atoms with Crippen LogP contribution in [0, 0.1) is 5.82 Å². The first-order valence-electron chi connectivity index (χ1n) is 12.1. The summed E-state index contributed by atoms with van der Waals surface area (Å²) >= 11 is 0. The van der Waals surface area contributed by atoms with E-state index in [1.54, 1.807) is 42.9 Å². The number of hydrogen-bond donors (Lipinski definition) is 2. The first-order valence-corrected chi connectivity index (χ1v) is 12.1. The topological polar surface area (TPSA) is 106 Å². The summed E-state index contributed by atoms with van der Waals surface area (Å²) in [4.78, 5) is 45.7. The van der Waals surface area contributed by atoms with Gasteiger partial charge in [0.05, 0.1) is 20.0 Å². The maximum absolute atomic E-state index is 13.6. The Morgan fingerprint density at radius 1 is 1.05 bits per heavy atom. The molecule has 1 aromatic heterocycles. The molecule has 194 valence electrons. The Morgan fingerprint density at radius 3 is 2.30 bits per heavy atom. The molecule has 1 aliphatic heterocycles. The normalized spacial score (nSPS) is 16.8. The third-order valence-corrected chi connectivity index (χ3v) is 6.49. The number of aromatic nitrogens is 2. The molecule has 1 unspecified atom stereocenters. The first-order chi connectivity index (χ1) is 17.8. The number of halogens is 1. The molecule has 2 heterocycles. The van der Waals surface area contributed by atoms with Gasteiger partial charge >= 0.3 is 0 Å². The van der Waals surface area contributed by atoms with Gasteiger partial charge in [0, 0.05) is 19.6 Å². The molecule has 37 heavy (non-hydrogen) atoms. The second-order valence-corrected chi connectivity index (χ2v) is 9.14. The van der Waals surface area contributed by atoms with Crippen molar-refractivity contribution in [2.45, 2.75) is 45.4 Å². The van der Waals surface area contributed by atoms with Gasteiger partial charge in [-0.15, -0.1) is 0 Å². The van der Waals surface area contributed by atoms with E-state index in [-0.39, 0.29) is 42.7 Å². The summed E-state index contributed by atoms with van der Waals surface area (Å²) in [5.74, 6) is -0.892. The van der Waals surface area contributed by atoms with Crippen LogP contribution in [0.2, 0.25) is 0 Å². The van der Waals surface area contributed by atoms with Gasteiger partial charge in [0.1, 0.15) is 22.8 Å². The number of benzene rings is 2. The number of hydrogen-bond acceptors (Lipinski definition) is 5. The number of ether oxygens (including phenoxy) is 1. The third-order valence-electron chi connectivity index (χ3n) is 6.49. The summed E-state index contributed by atoms with van der Waals surface area (Å²) < 4.78 is 19.9. The molecule has 0 saturated heterocycles. The zero-order chi connectivity index (χ0) is 26.6. The molecule has 4 rings (SSSR count). The van der Waals surface area contributed by atoms with Gasteiger partial charge in [0.25, 0.3) is 11.8 Å². The van der Waals surface area contributed by atoms with E-state index in [0.717, 1.165) is 11.1 Å². The molecular weight excluding hydrogens is 477 g/mol. The summed E-state index contributed by atoms with van der Waals surface area (Å²) in [7, 11) is 1.58. The first kappa shape index (κ1) is 25.9. The highest BCUT2D eigenvalue weighted by atomic mass is 19.1. The van der Waals surface area contributed by atoms with E-state index in [1.165, 1.54) is 23.4 Å². The van der Waals surface area contributed by atoms with Gasteiger partial charge in [-0.05, 0) is 48.7 Å². The Morgan fingerprint density at radius 2 is 1.68 bits per heavy atom. The molecule has 3 amide bonds. The molecule has 3 aromatic rings. The van der Waals surface area contributed by atoms with Crippen LogP contribution in [0.3, 0.4) is 0 Å². The van der Waals surface area contributed by atoms with Crippen molar-refractivity contribution in [3.05, 3.63) is 83.2 Å². The zero-order valence-corrected chi connectivity index (χ0v) is 21.1. The molecule has 9 nitrogen and oxygen atoms in total. The predicted molar refractivity (Wildman–Crippen MR) is 134 cm³/mol. The van der Waals surface area contributed by atoms with Crippen LogP contribution in [0.5, 0.6) is 5.75 Å². The molecule has 0 radical (unpaired) electrons. The number of carbonyl (C=O) groups excluding carboxylic acids is 3. The lowest BCUT2D eigenvalue weighted by molar-refractivity contribution is -0.133. The third kappa shape index (κ3) is 5.32. The lowest BCUT2D eigenvalue weighted by atomic mass is 9.94. The molecular formula is C27H30FN5O4. The average molecular weight is 508 g/mol. The number of imidazole rings is 1. The number of amides is 3. The quantitative estimate of drug-likeness (QED) is 0.463. The van der Waals surface area contributed by atoms with Crippen LogP contribution >= 0.6 is 0 Å². The molecule has 0 bridgehead atoms. The predicted octanol–water partition coefficient (Wildman–Crippen LogP) is 2.90. The number of carbonyl (C=O) groups is 3. The van der Waals surface area contributed by atoms with Crippen molar-refractivity contribution in [3.8, 4) is 5.75 Å². The molecule has 0 spiro atoms.